The van der Waals surface area contributed by atoms with Crippen molar-refractivity contribution in [3.8, 4) is 0 Å². The van der Waals surface area contributed by atoms with Gasteiger partial charge in [-0.25, -0.2) is 9.61 Å². The molecule has 0 atom stereocenters. The molecule has 1 aromatic carbocycles. The highest BCUT2D eigenvalue weighted by molar-refractivity contribution is 9.10. The summed E-state index contributed by atoms with van der Waals surface area (Å²) in [5, 5.41) is 14.7. The standard InChI is InChI=1S/C15H10BrN7O2/c16-9-3-5-10(6-4-9)18-12-13(20-15-14(19-12)22-25-23-15)21-17-8-11-2-1-7-24-11/h1-8H,(H,18,19,22)(H,20,21,23)/b17-8-. The Morgan fingerprint density at radius 2 is 1.76 bits per heavy atom. The quantitative estimate of drug-likeness (QED) is 0.386. The first-order chi connectivity index (χ1) is 12.3. The van der Waals surface area contributed by atoms with Crippen LogP contribution >= 0.6 is 15.9 Å². The van der Waals surface area contributed by atoms with E-state index in [1.54, 1.807) is 18.4 Å². The zero-order valence-corrected chi connectivity index (χ0v) is 14.1. The van der Waals surface area contributed by atoms with E-state index < -0.39 is 0 Å². The van der Waals surface area contributed by atoms with Gasteiger partial charge in [0.05, 0.1) is 12.5 Å². The SMILES string of the molecule is Brc1ccc(Nc2nc3nonc3nc2N/N=C\c2ccco2)cc1. The highest BCUT2D eigenvalue weighted by Crippen LogP contribution is 2.24. The van der Waals surface area contributed by atoms with Crippen LogP contribution < -0.4 is 10.7 Å². The van der Waals surface area contributed by atoms with Crippen LogP contribution in [-0.2, 0) is 0 Å². The topological polar surface area (TPSA) is 114 Å². The Bertz CT molecular complexity index is 1010. The second-order valence-corrected chi connectivity index (χ2v) is 5.77. The number of rotatable bonds is 5. The molecule has 0 saturated heterocycles. The normalized spacial score (nSPS) is 11.2. The molecule has 0 aliphatic rings. The lowest BCUT2D eigenvalue weighted by Crippen LogP contribution is -2.03. The van der Waals surface area contributed by atoms with Gasteiger partial charge in [0.2, 0.25) is 11.3 Å². The highest BCUT2D eigenvalue weighted by atomic mass is 79.9. The Labute approximate surface area is 149 Å². The Morgan fingerprint density at radius 3 is 2.48 bits per heavy atom. The van der Waals surface area contributed by atoms with Crippen molar-refractivity contribution in [1.29, 1.82) is 0 Å². The van der Waals surface area contributed by atoms with Crippen molar-refractivity contribution in [3.05, 3.63) is 52.9 Å². The van der Waals surface area contributed by atoms with Crippen LogP contribution in [-0.4, -0.2) is 26.5 Å². The summed E-state index contributed by atoms with van der Waals surface area (Å²) in [6.07, 6.45) is 3.09. The van der Waals surface area contributed by atoms with Crippen LogP contribution in [0.2, 0.25) is 0 Å². The number of aromatic nitrogens is 4. The van der Waals surface area contributed by atoms with Crippen molar-refractivity contribution in [1.82, 2.24) is 20.3 Å². The van der Waals surface area contributed by atoms with Crippen LogP contribution in [0.4, 0.5) is 17.3 Å². The molecular weight excluding hydrogens is 390 g/mol. The van der Waals surface area contributed by atoms with Crippen molar-refractivity contribution in [3.63, 3.8) is 0 Å². The average Bonchev–Trinajstić information content (AvgIpc) is 3.28. The minimum Gasteiger partial charge on any atom is -0.463 e. The van der Waals surface area contributed by atoms with E-state index in [1.165, 1.54) is 6.21 Å². The number of nitrogens with zero attached hydrogens (tertiary/aromatic N) is 5. The first kappa shape index (κ1) is 15.3. The lowest BCUT2D eigenvalue weighted by Gasteiger charge is -2.09. The van der Waals surface area contributed by atoms with Crippen molar-refractivity contribution in [2.75, 3.05) is 10.7 Å². The predicted octanol–water partition coefficient (Wildman–Crippen LogP) is 3.56. The monoisotopic (exact) mass is 399 g/mol. The summed E-state index contributed by atoms with van der Waals surface area (Å²) in [6.45, 7) is 0. The average molecular weight is 400 g/mol. The van der Waals surface area contributed by atoms with Gasteiger partial charge in [0.1, 0.15) is 5.76 Å². The largest absolute Gasteiger partial charge is 0.463 e. The first-order valence-electron chi connectivity index (χ1n) is 7.13. The van der Waals surface area contributed by atoms with Gasteiger partial charge in [-0.15, -0.1) is 0 Å². The van der Waals surface area contributed by atoms with E-state index >= 15 is 0 Å². The Morgan fingerprint density at radius 1 is 1.00 bits per heavy atom. The van der Waals surface area contributed by atoms with Gasteiger partial charge < -0.3 is 9.73 Å². The van der Waals surface area contributed by atoms with Crippen LogP contribution in [0.3, 0.4) is 0 Å². The predicted molar refractivity (Wildman–Crippen MR) is 94.7 cm³/mol. The van der Waals surface area contributed by atoms with E-state index in [-0.39, 0.29) is 5.65 Å². The van der Waals surface area contributed by atoms with Crippen molar-refractivity contribution >= 4 is 50.8 Å². The van der Waals surface area contributed by atoms with Gasteiger partial charge in [0.15, 0.2) is 11.6 Å². The van der Waals surface area contributed by atoms with Crippen molar-refractivity contribution in [2.45, 2.75) is 0 Å². The van der Waals surface area contributed by atoms with Gasteiger partial charge in [-0.05, 0) is 46.7 Å². The van der Waals surface area contributed by atoms with E-state index in [0.717, 1.165) is 10.2 Å². The summed E-state index contributed by atoms with van der Waals surface area (Å²) < 4.78 is 10.8. The highest BCUT2D eigenvalue weighted by Gasteiger charge is 2.12. The van der Waals surface area contributed by atoms with E-state index in [0.29, 0.717) is 23.0 Å². The lowest BCUT2D eigenvalue weighted by atomic mass is 10.3. The van der Waals surface area contributed by atoms with Crippen molar-refractivity contribution < 1.29 is 9.05 Å². The molecule has 0 unspecified atom stereocenters. The zero-order valence-electron chi connectivity index (χ0n) is 12.5. The smallest absolute Gasteiger partial charge is 0.245 e. The number of fused-ring (bicyclic) bond motifs is 1. The van der Waals surface area contributed by atoms with E-state index in [2.05, 4.69) is 56.7 Å². The van der Waals surface area contributed by atoms with Gasteiger partial charge in [0.25, 0.3) is 0 Å². The fourth-order valence-corrected chi connectivity index (χ4v) is 2.26. The second-order valence-electron chi connectivity index (χ2n) is 4.85. The zero-order chi connectivity index (χ0) is 17.1. The fraction of sp³-hybridized carbons (Fsp3) is 0. The van der Waals surface area contributed by atoms with Gasteiger partial charge >= 0.3 is 0 Å². The second kappa shape index (κ2) is 6.69. The minimum absolute atomic E-state index is 0.275. The molecule has 0 amide bonds. The third-order valence-corrected chi connectivity index (χ3v) is 3.66. The molecule has 25 heavy (non-hydrogen) atoms. The molecule has 3 heterocycles. The van der Waals surface area contributed by atoms with Crippen molar-refractivity contribution in [2.24, 2.45) is 5.10 Å². The molecule has 0 bridgehead atoms. The maximum absolute atomic E-state index is 5.18. The Kier molecular flexibility index (Phi) is 4.09. The molecule has 2 N–H and O–H groups in total. The van der Waals surface area contributed by atoms with Gasteiger partial charge in [0, 0.05) is 10.2 Å². The number of hydrazone groups is 1. The van der Waals surface area contributed by atoms with E-state index in [1.807, 2.05) is 24.3 Å². The molecule has 3 aromatic heterocycles. The summed E-state index contributed by atoms with van der Waals surface area (Å²) in [4.78, 5) is 8.67. The maximum atomic E-state index is 5.18. The molecule has 0 saturated carbocycles. The van der Waals surface area contributed by atoms with Crippen LogP contribution in [0.15, 0.2) is 61.3 Å². The number of nitrogens with one attached hydrogen (secondary N) is 2. The Hall–Kier alpha value is -3.27. The number of hydrogen-bond donors (Lipinski definition) is 2. The number of benzene rings is 1. The van der Waals surface area contributed by atoms with Gasteiger partial charge in [-0.1, -0.05) is 15.9 Å². The van der Waals surface area contributed by atoms with E-state index in [4.69, 9.17) is 4.42 Å². The lowest BCUT2D eigenvalue weighted by molar-refractivity contribution is 0.314. The number of halogens is 1. The summed E-state index contributed by atoms with van der Waals surface area (Å²) in [5.74, 6) is 1.41. The molecule has 124 valence electrons. The number of anilines is 3. The van der Waals surface area contributed by atoms with Crippen LogP contribution in [0.25, 0.3) is 11.3 Å². The molecular formula is C15H10BrN7O2. The van der Waals surface area contributed by atoms with Gasteiger partial charge in [-0.3, -0.25) is 5.43 Å². The molecule has 0 aliphatic heterocycles. The number of hydrogen-bond acceptors (Lipinski definition) is 9. The van der Waals surface area contributed by atoms with Crippen LogP contribution in [0, 0.1) is 0 Å². The summed E-state index contributed by atoms with van der Waals surface area (Å²) in [5.41, 5.74) is 4.21. The third-order valence-electron chi connectivity index (χ3n) is 3.13. The fourth-order valence-electron chi connectivity index (χ4n) is 1.99. The molecule has 0 radical (unpaired) electrons. The minimum atomic E-state index is 0.275. The molecule has 4 rings (SSSR count). The van der Waals surface area contributed by atoms with Crippen LogP contribution in [0.1, 0.15) is 5.76 Å². The molecule has 4 aromatic rings. The molecule has 9 nitrogen and oxygen atoms in total. The molecule has 0 aliphatic carbocycles. The molecule has 0 spiro atoms. The summed E-state index contributed by atoms with van der Waals surface area (Å²) in [6, 6.07) is 11.2. The molecule has 10 heteroatoms. The van der Waals surface area contributed by atoms with Crippen LogP contribution in [0.5, 0.6) is 0 Å². The summed E-state index contributed by atoms with van der Waals surface area (Å²) >= 11 is 3.40. The molecule has 0 fully saturated rings. The first-order valence-corrected chi connectivity index (χ1v) is 7.93. The van der Waals surface area contributed by atoms with E-state index in [9.17, 15) is 0 Å². The Balaban J connectivity index is 1.64. The number of furan rings is 1. The third kappa shape index (κ3) is 3.48. The van der Waals surface area contributed by atoms with Gasteiger partial charge in [-0.2, -0.15) is 10.1 Å². The maximum Gasteiger partial charge on any atom is 0.245 e. The summed E-state index contributed by atoms with van der Waals surface area (Å²) in [7, 11) is 0.